The van der Waals surface area contributed by atoms with Gasteiger partial charge in [-0.15, -0.1) is 0 Å². The third-order valence-electron chi connectivity index (χ3n) is 3.56. The van der Waals surface area contributed by atoms with Crippen LogP contribution < -0.4 is 14.2 Å². The molecule has 0 saturated heterocycles. The molecule has 0 unspecified atom stereocenters. The number of methoxy groups -OCH3 is 1. The number of sulfonamides is 1. The third-order valence-corrected chi connectivity index (χ3v) is 4.96. The minimum absolute atomic E-state index is 0.130. The van der Waals surface area contributed by atoms with Gasteiger partial charge in [0.25, 0.3) is 10.0 Å². The zero-order valence-corrected chi connectivity index (χ0v) is 15.2. The summed E-state index contributed by atoms with van der Waals surface area (Å²) in [6.07, 6.45) is 0. The predicted octanol–water partition coefficient (Wildman–Crippen LogP) is 4.02. The Balaban J connectivity index is 2.34. The van der Waals surface area contributed by atoms with Gasteiger partial charge < -0.3 is 9.47 Å². The number of benzene rings is 2. The molecule has 2 aromatic rings. The Morgan fingerprint density at radius 3 is 2.29 bits per heavy atom. The molecular formula is C18H23NO4S. The highest BCUT2D eigenvalue weighted by molar-refractivity contribution is 7.92. The first-order chi connectivity index (χ1) is 11.4. The summed E-state index contributed by atoms with van der Waals surface area (Å²) in [7, 11) is -2.29. The lowest BCUT2D eigenvalue weighted by Gasteiger charge is -2.14. The quantitative estimate of drug-likeness (QED) is 0.820. The van der Waals surface area contributed by atoms with E-state index >= 15 is 0 Å². The van der Waals surface area contributed by atoms with Gasteiger partial charge in [-0.05, 0) is 54.8 Å². The van der Waals surface area contributed by atoms with Crippen LogP contribution in [0.4, 0.5) is 5.69 Å². The van der Waals surface area contributed by atoms with Crippen LogP contribution in [0.3, 0.4) is 0 Å². The van der Waals surface area contributed by atoms with E-state index < -0.39 is 10.0 Å². The average molecular weight is 349 g/mol. The van der Waals surface area contributed by atoms with Gasteiger partial charge in [0.05, 0.1) is 13.7 Å². The van der Waals surface area contributed by atoms with Crippen LogP contribution in [0.1, 0.15) is 32.3 Å². The minimum Gasteiger partial charge on any atom is -0.495 e. The first kappa shape index (κ1) is 18.1. The Morgan fingerprint density at radius 2 is 1.75 bits per heavy atom. The number of nitrogens with one attached hydrogen (secondary N) is 1. The Bertz CT molecular complexity index is 783. The number of hydrogen-bond acceptors (Lipinski definition) is 4. The van der Waals surface area contributed by atoms with Crippen molar-refractivity contribution in [3.8, 4) is 11.5 Å². The Morgan fingerprint density at radius 1 is 1.08 bits per heavy atom. The molecule has 0 fully saturated rings. The van der Waals surface area contributed by atoms with E-state index in [0.29, 0.717) is 23.8 Å². The molecule has 0 heterocycles. The number of rotatable bonds is 7. The zero-order chi connectivity index (χ0) is 17.7. The Labute approximate surface area is 143 Å². The van der Waals surface area contributed by atoms with Crippen LogP contribution in [0, 0.1) is 0 Å². The van der Waals surface area contributed by atoms with Gasteiger partial charge in [-0.3, -0.25) is 4.72 Å². The van der Waals surface area contributed by atoms with Crippen LogP contribution >= 0.6 is 0 Å². The summed E-state index contributed by atoms with van der Waals surface area (Å²) in [5.74, 6) is 1.23. The number of hydrogen-bond donors (Lipinski definition) is 1. The second kappa shape index (κ2) is 7.57. The molecule has 24 heavy (non-hydrogen) atoms. The van der Waals surface area contributed by atoms with Crippen molar-refractivity contribution in [2.24, 2.45) is 0 Å². The molecule has 5 nitrogen and oxygen atoms in total. The molecule has 6 heteroatoms. The molecule has 0 amide bonds. The highest BCUT2D eigenvalue weighted by Crippen LogP contribution is 2.29. The van der Waals surface area contributed by atoms with Crippen LogP contribution in [0.2, 0.25) is 0 Å². The molecule has 0 saturated carbocycles. The van der Waals surface area contributed by atoms with Crippen molar-refractivity contribution in [2.75, 3.05) is 18.4 Å². The molecule has 2 aromatic carbocycles. The van der Waals surface area contributed by atoms with Crippen molar-refractivity contribution < 1.29 is 17.9 Å². The Kier molecular flexibility index (Phi) is 5.72. The predicted molar refractivity (Wildman–Crippen MR) is 95.5 cm³/mol. The summed E-state index contributed by atoms with van der Waals surface area (Å²) in [6.45, 7) is 6.48. The molecule has 0 radical (unpaired) electrons. The smallest absolute Gasteiger partial charge is 0.265 e. The highest BCUT2D eigenvalue weighted by Gasteiger charge is 2.21. The van der Waals surface area contributed by atoms with Crippen LogP contribution in [0.15, 0.2) is 47.4 Å². The first-order valence-electron chi connectivity index (χ1n) is 7.81. The van der Waals surface area contributed by atoms with E-state index in [9.17, 15) is 8.42 Å². The summed E-state index contributed by atoms with van der Waals surface area (Å²) < 4.78 is 38.6. The fourth-order valence-electron chi connectivity index (χ4n) is 2.26. The van der Waals surface area contributed by atoms with E-state index in [4.69, 9.17) is 9.47 Å². The van der Waals surface area contributed by atoms with Crippen molar-refractivity contribution in [3.63, 3.8) is 0 Å². The normalized spacial score (nSPS) is 11.4. The standard InChI is InChI=1S/C18H23NO4S/c1-5-23-16-9-7-15(8-10-16)19-24(20,21)18-12-14(13(2)3)6-11-17(18)22-4/h6-13,19H,5H2,1-4H3. The summed E-state index contributed by atoms with van der Waals surface area (Å²) in [5, 5.41) is 0. The lowest BCUT2D eigenvalue weighted by Crippen LogP contribution is -2.14. The molecular weight excluding hydrogens is 326 g/mol. The third kappa shape index (κ3) is 4.20. The number of anilines is 1. The van der Waals surface area contributed by atoms with Crippen LogP contribution in [0.25, 0.3) is 0 Å². The van der Waals surface area contributed by atoms with Crippen molar-refractivity contribution in [1.82, 2.24) is 0 Å². The number of ether oxygens (including phenoxy) is 2. The van der Waals surface area contributed by atoms with Gasteiger partial charge in [0, 0.05) is 5.69 Å². The summed E-state index contributed by atoms with van der Waals surface area (Å²) in [5.41, 5.74) is 1.40. The largest absolute Gasteiger partial charge is 0.495 e. The van der Waals surface area contributed by atoms with Gasteiger partial charge >= 0.3 is 0 Å². The fourth-order valence-corrected chi connectivity index (χ4v) is 3.52. The summed E-state index contributed by atoms with van der Waals surface area (Å²) in [6, 6.07) is 12.0. The van der Waals surface area contributed by atoms with E-state index in [0.717, 1.165) is 5.56 Å². The average Bonchev–Trinajstić information content (AvgIpc) is 2.56. The van der Waals surface area contributed by atoms with Crippen molar-refractivity contribution in [3.05, 3.63) is 48.0 Å². The maximum absolute atomic E-state index is 12.7. The molecule has 2 rings (SSSR count). The maximum atomic E-state index is 12.7. The molecule has 130 valence electrons. The van der Waals surface area contributed by atoms with Crippen molar-refractivity contribution in [1.29, 1.82) is 0 Å². The molecule has 1 N–H and O–H groups in total. The topological polar surface area (TPSA) is 64.6 Å². The molecule has 0 aliphatic rings. The van der Waals surface area contributed by atoms with Gasteiger partial charge in [-0.2, -0.15) is 0 Å². The minimum atomic E-state index is -3.75. The first-order valence-corrected chi connectivity index (χ1v) is 9.29. The van der Waals surface area contributed by atoms with Gasteiger partial charge in [0.2, 0.25) is 0 Å². The lowest BCUT2D eigenvalue weighted by molar-refractivity contribution is 0.340. The van der Waals surface area contributed by atoms with E-state index in [2.05, 4.69) is 4.72 Å². The highest BCUT2D eigenvalue weighted by atomic mass is 32.2. The SMILES string of the molecule is CCOc1ccc(NS(=O)(=O)c2cc(C(C)C)ccc2OC)cc1. The van der Waals surface area contributed by atoms with Gasteiger partial charge in [-0.1, -0.05) is 19.9 Å². The second-order valence-corrected chi connectivity index (χ2v) is 7.28. The van der Waals surface area contributed by atoms with E-state index in [1.54, 1.807) is 36.4 Å². The van der Waals surface area contributed by atoms with Gasteiger partial charge in [-0.25, -0.2) is 8.42 Å². The van der Waals surface area contributed by atoms with Crippen molar-refractivity contribution in [2.45, 2.75) is 31.6 Å². The van der Waals surface area contributed by atoms with Gasteiger partial charge in [0.1, 0.15) is 16.4 Å². The van der Waals surface area contributed by atoms with E-state index in [1.165, 1.54) is 7.11 Å². The van der Waals surface area contributed by atoms with Crippen LogP contribution in [-0.2, 0) is 10.0 Å². The summed E-state index contributed by atoms with van der Waals surface area (Å²) >= 11 is 0. The van der Waals surface area contributed by atoms with Gasteiger partial charge in [0.15, 0.2) is 0 Å². The monoisotopic (exact) mass is 349 g/mol. The second-order valence-electron chi connectivity index (χ2n) is 5.63. The van der Waals surface area contributed by atoms with E-state index in [-0.39, 0.29) is 10.8 Å². The van der Waals surface area contributed by atoms with E-state index in [1.807, 2.05) is 26.8 Å². The van der Waals surface area contributed by atoms with Crippen molar-refractivity contribution >= 4 is 15.7 Å². The van der Waals surface area contributed by atoms with Crippen LogP contribution in [0.5, 0.6) is 11.5 Å². The molecule has 0 aliphatic carbocycles. The molecule has 0 bridgehead atoms. The zero-order valence-electron chi connectivity index (χ0n) is 14.4. The van der Waals surface area contributed by atoms with Crippen LogP contribution in [-0.4, -0.2) is 22.1 Å². The maximum Gasteiger partial charge on any atom is 0.265 e. The fraction of sp³-hybridized carbons (Fsp3) is 0.333. The summed E-state index contributed by atoms with van der Waals surface area (Å²) in [4.78, 5) is 0.130. The lowest BCUT2D eigenvalue weighted by atomic mass is 10.0. The molecule has 0 aliphatic heterocycles. The molecule has 0 atom stereocenters. The molecule has 0 aromatic heterocycles. The molecule has 0 spiro atoms. The Hall–Kier alpha value is -2.21.